The van der Waals surface area contributed by atoms with Gasteiger partial charge in [-0.15, -0.1) is 0 Å². The van der Waals surface area contributed by atoms with E-state index in [-0.39, 0.29) is 11.9 Å². The van der Waals surface area contributed by atoms with Crippen molar-refractivity contribution in [3.05, 3.63) is 33.3 Å². The molecule has 1 aliphatic carbocycles. The Bertz CT molecular complexity index is 460. The van der Waals surface area contributed by atoms with Crippen molar-refractivity contribution in [2.75, 3.05) is 7.05 Å². The third-order valence-corrected chi connectivity index (χ3v) is 4.30. The number of likely N-dealkylation sites (N-methyl/N-ethyl adjacent to an activating group) is 1. The monoisotopic (exact) mass is 345 g/mol. The lowest BCUT2D eigenvalue weighted by Crippen LogP contribution is -2.46. The van der Waals surface area contributed by atoms with Crippen molar-refractivity contribution in [2.45, 2.75) is 37.8 Å². The van der Waals surface area contributed by atoms with E-state index in [4.69, 9.17) is 11.6 Å². The predicted octanol–water partition coefficient (Wildman–Crippen LogP) is 3.48. The number of amides is 1. The zero-order valence-electron chi connectivity index (χ0n) is 10.8. The highest BCUT2D eigenvalue weighted by atomic mass is 79.9. The van der Waals surface area contributed by atoms with Crippen LogP contribution in [0.4, 0.5) is 0 Å². The van der Waals surface area contributed by atoms with Gasteiger partial charge in [0.15, 0.2) is 0 Å². The van der Waals surface area contributed by atoms with Crippen molar-refractivity contribution in [3.8, 4) is 0 Å². The predicted molar refractivity (Wildman–Crippen MR) is 79.5 cm³/mol. The Morgan fingerprint density at radius 2 is 2.05 bits per heavy atom. The lowest BCUT2D eigenvalue weighted by atomic mass is 9.91. The highest BCUT2D eigenvalue weighted by molar-refractivity contribution is 9.10. The number of aliphatic hydroxyl groups is 1. The topological polar surface area (TPSA) is 40.5 Å². The van der Waals surface area contributed by atoms with E-state index in [1.54, 1.807) is 30.1 Å². The van der Waals surface area contributed by atoms with Gasteiger partial charge in [0.25, 0.3) is 5.91 Å². The summed E-state index contributed by atoms with van der Waals surface area (Å²) in [4.78, 5) is 14.1. The number of benzene rings is 1. The van der Waals surface area contributed by atoms with Crippen molar-refractivity contribution in [1.82, 2.24) is 4.90 Å². The molecule has 0 aliphatic heterocycles. The number of aliphatic hydroxyl groups excluding tert-OH is 1. The minimum Gasteiger partial charge on any atom is -0.391 e. The van der Waals surface area contributed by atoms with E-state index in [9.17, 15) is 9.90 Å². The van der Waals surface area contributed by atoms with Crippen LogP contribution in [0.15, 0.2) is 22.7 Å². The molecule has 2 rings (SSSR count). The Balaban J connectivity index is 2.18. The molecule has 1 N–H and O–H groups in total. The summed E-state index contributed by atoms with van der Waals surface area (Å²) in [6, 6.07) is 5.05. The van der Waals surface area contributed by atoms with E-state index in [0.717, 1.165) is 30.2 Å². The molecule has 0 radical (unpaired) electrons. The van der Waals surface area contributed by atoms with Crippen molar-refractivity contribution in [3.63, 3.8) is 0 Å². The maximum atomic E-state index is 12.4. The summed E-state index contributed by atoms with van der Waals surface area (Å²) in [5.41, 5.74) is 0.541. The third-order valence-electron chi connectivity index (χ3n) is 3.62. The summed E-state index contributed by atoms with van der Waals surface area (Å²) >= 11 is 9.30. The summed E-state index contributed by atoms with van der Waals surface area (Å²) in [5.74, 6) is -0.103. The largest absolute Gasteiger partial charge is 0.391 e. The Morgan fingerprint density at radius 1 is 1.37 bits per heavy atom. The van der Waals surface area contributed by atoms with Crippen LogP contribution in [-0.2, 0) is 0 Å². The molecule has 1 aliphatic rings. The van der Waals surface area contributed by atoms with Gasteiger partial charge < -0.3 is 10.0 Å². The van der Waals surface area contributed by atoms with Gasteiger partial charge in [0.1, 0.15) is 0 Å². The zero-order valence-corrected chi connectivity index (χ0v) is 13.1. The first-order valence-electron chi connectivity index (χ1n) is 6.40. The highest BCUT2D eigenvalue weighted by Gasteiger charge is 2.29. The van der Waals surface area contributed by atoms with Gasteiger partial charge in [-0.05, 0) is 31.0 Å². The number of halogens is 2. The highest BCUT2D eigenvalue weighted by Crippen LogP contribution is 2.25. The lowest BCUT2D eigenvalue weighted by Gasteiger charge is -2.35. The molecule has 5 heteroatoms. The zero-order chi connectivity index (χ0) is 14.0. The molecule has 104 valence electrons. The van der Waals surface area contributed by atoms with E-state index < -0.39 is 6.10 Å². The molecule has 0 aromatic heterocycles. The minimum atomic E-state index is -0.426. The first kappa shape index (κ1) is 14.8. The second kappa shape index (κ2) is 6.25. The Hall–Kier alpha value is -0.580. The molecular weight excluding hydrogens is 330 g/mol. The summed E-state index contributed by atoms with van der Waals surface area (Å²) in [6.45, 7) is 0. The number of hydrogen-bond donors (Lipinski definition) is 1. The van der Waals surface area contributed by atoms with E-state index in [0.29, 0.717) is 10.6 Å². The molecule has 1 fully saturated rings. The van der Waals surface area contributed by atoms with Crippen LogP contribution in [0.2, 0.25) is 5.02 Å². The van der Waals surface area contributed by atoms with Gasteiger partial charge in [-0.3, -0.25) is 4.79 Å². The lowest BCUT2D eigenvalue weighted by molar-refractivity contribution is 0.0268. The quantitative estimate of drug-likeness (QED) is 0.890. The average molecular weight is 347 g/mol. The standard InChI is InChI=1S/C14H17BrClNO2/c1-17(12-4-2-3-5-13(12)18)14(19)9-6-10(15)8-11(16)7-9/h6-8,12-13,18H,2-5H2,1H3. The normalized spacial score (nSPS) is 23.2. The van der Waals surface area contributed by atoms with Crippen LogP contribution in [0.1, 0.15) is 36.0 Å². The SMILES string of the molecule is CN(C(=O)c1cc(Cl)cc(Br)c1)C1CCCCC1O. The van der Waals surface area contributed by atoms with Crippen LogP contribution in [0.3, 0.4) is 0 Å². The van der Waals surface area contributed by atoms with Crippen molar-refractivity contribution >= 4 is 33.4 Å². The molecule has 0 spiro atoms. The summed E-state index contributed by atoms with van der Waals surface area (Å²) in [5, 5.41) is 10.5. The molecule has 1 aromatic carbocycles. The molecular formula is C14H17BrClNO2. The smallest absolute Gasteiger partial charge is 0.254 e. The molecule has 1 amide bonds. The maximum absolute atomic E-state index is 12.4. The fourth-order valence-corrected chi connectivity index (χ4v) is 3.44. The molecule has 1 saturated carbocycles. The van der Waals surface area contributed by atoms with Crippen LogP contribution in [0.5, 0.6) is 0 Å². The maximum Gasteiger partial charge on any atom is 0.254 e. The summed E-state index contributed by atoms with van der Waals surface area (Å²) < 4.78 is 0.779. The summed E-state index contributed by atoms with van der Waals surface area (Å²) in [7, 11) is 1.75. The fraction of sp³-hybridized carbons (Fsp3) is 0.500. The van der Waals surface area contributed by atoms with Gasteiger partial charge in [-0.25, -0.2) is 0 Å². The van der Waals surface area contributed by atoms with Gasteiger partial charge in [-0.1, -0.05) is 40.4 Å². The summed E-state index contributed by atoms with van der Waals surface area (Å²) in [6.07, 6.45) is 3.28. The molecule has 19 heavy (non-hydrogen) atoms. The van der Waals surface area contributed by atoms with E-state index in [1.165, 1.54) is 0 Å². The molecule has 0 saturated heterocycles. The molecule has 3 nitrogen and oxygen atoms in total. The second-order valence-electron chi connectivity index (χ2n) is 4.99. The van der Waals surface area contributed by atoms with E-state index in [1.807, 2.05) is 0 Å². The van der Waals surface area contributed by atoms with Gasteiger partial charge in [0.2, 0.25) is 0 Å². The molecule has 1 aromatic rings. The number of rotatable bonds is 2. The van der Waals surface area contributed by atoms with Gasteiger partial charge in [0.05, 0.1) is 12.1 Å². The van der Waals surface area contributed by atoms with Crippen LogP contribution < -0.4 is 0 Å². The van der Waals surface area contributed by atoms with Crippen LogP contribution >= 0.6 is 27.5 Å². The average Bonchev–Trinajstić information content (AvgIpc) is 2.36. The van der Waals surface area contributed by atoms with Crippen molar-refractivity contribution < 1.29 is 9.90 Å². The molecule has 2 unspecified atom stereocenters. The second-order valence-corrected chi connectivity index (χ2v) is 6.35. The first-order chi connectivity index (χ1) is 8.99. The van der Waals surface area contributed by atoms with E-state index in [2.05, 4.69) is 15.9 Å². The number of hydrogen-bond acceptors (Lipinski definition) is 2. The Labute approximate surface area is 126 Å². The van der Waals surface area contributed by atoms with Crippen LogP contribution in [0, 0.1) is 0 Å². The number of nitrogens with zero attached hydrogens (tertiary/aromatic N) is 1. The fourth-order valence-electron chi connectivity index (χ4n) is 2.58. The number of carbonyl (C=O) groups excluding carboxylic acids is 1. The van der Waals surface area contributed by atoms with E-state index >= 15 is 0 Å². The first-order valence-corrected chi connectivity index (χ1v) is 7.57. The molecule has 2 atom stereocenters. The van der Waals surface area contributed by atoms with Crippen molar-refractivity contribution in [2.24, 2.45) is 0 Å². The van der Waals surface area contributed by atoms with Gasteiger partial charge in [-0.2, -0.15) is 0 Å². The minimum absolute atomic E-state index is 0.0981. The van der Waals surface area contributed by atoms with Gasteiger partial charge in [0, 0.05) is 22.1 Å². The molecule has 0 heterocycles. The number of carbonyl (C=O) groups is 1. The van der Waals surface area contributed by atoms with Crippen LogP contribution in [-0.4, -0.2) is 35.1 Å². The third kappa shape index (κ3) is 3.50. The Kier molecular flexibility index (Phi) is 4.87. The Morgan fingerprint density at radius 3 is 2.68 bits per heavy atom. The van der Waals surface area contributed by atoms with Crippen molar-refractivity contribution in [1.29, 1.82) is 0 Å². The van der Waals surface area contributed by atoms with Gasteiger partial charge >= 0.3 is 0 Å². The molecule has 0 bridgehead atoms. The van der Waals surface area contributed by atoms with Crippen LogP contribution in [0.25, 0.3) is 0 Å².